The summed E-state index contributed by atoms with van der Waals surface area (Å²) in [6, 6.07) is 0. The molecule has 0 rings (SSSR count). The van der Waals surface area contributed by atoms with Gasteiger partial charge in [0.05, 0.1) is 0 Å². The molecule has 0 amide bonds. The minimum absolute atomic E-state index is 0.0663. The maximum atomic E-state index is 12.9. The predicted molar refractivity (Wildman–Crippen MR) is 312 cm³/mol. The standard InChI is InChI=1S/C66H126O6/c1-4-7-10-13-16-19-22-24-26-28-30-32-33-34-35-37-38-40-42-44-47-50-53-56-59-65(68)71-62-63(61-70-64(67)58-55-52-49-46-21-18-15-12-9-6-3)72-66(69)60-57-54-51-48-45-43-41-39-36-31-29-27-25-23-20-17-14-11-8-5-2/h12,15,63H,4-11,13-14,16-62H2,1-3H3/b15-12-. The Kier molecular flexibility index (Phi) is 60.1. The Morgan fingerprint density at radius 3 is 0.750 bits per heavy atom. The maximum Gasteiger partial charge on any atom is 0.306 e. The van der Waals surface area contributed by atoms with Gasteiger partial charge in [-0.25, -0.2) is 0 Å². The second-order valence-electron chi connectivity index (χ2n) is 22.4. The molecule has 0 aliphatic rings. The summed E-state index contributed by atoms with van der Waals surface area (Å²) in [5, 5.41) is 0. The number of carbonyl (C=O) groups is 3. The molecule has 0 saturated heterocycles. The van der Waals surface area contributed by atoms with E-state index in [1.807, 2.05) is 0 Å². The Morgan fingerprint density at radius 2 is 0.486 bits per heavy atom. The van der Waals surface area contributed by atoms with Gasteiger partial charge in [0.25, 0.3) is 0 Å². The molecule has 0 heterocycles. The van der Waals surface area contributed by atoms with Gasteiger partial charge >= 0.3 is 17.9 Å². The highest BCUT2D eigenvalue weighted by molar-refractivity contribution is 5.71. The van der Waals surface area contributed by atoms with Crippen LogP contribution in [0.2, 0.25) is 0 Å². The van der Waals surface area contributed by atoms with Gasteiger partial charge in [0.15, 0.2) is 6.10 Å². The van der Waals surface area contributed by atoms with Crippen molar-refractivity contribution in [1.82, 2.24) is 0 Å². The molecule has 1 atom stereocenters. The van der Waals surface area contributed by atoms with Crippen molar-refractivity contribution >= 4 is 17.9 Å². The van der Waals surface area contributed by atoms with Gasteiger partial charge in [-0.15, -0.1) is 0 Å². The van der Waals surface area contributed by atoms with Crippen molar-refractivity contribution in [1.29, 1.82) is 0 Å². The SMILES string of the molecule is CCC/C=C\CCCCCCCC(=O)OCC(COC(=O)CCCCCCCCCCCCCCCCCCCCCCCCCC)OC(=O)CCCCCCCCCCCCCCCCCCCCCC. The first-order valence-corrected chi connectivity index (χ1v) is 32.7. The first-order valence-electron chi connectivity index (χ1n) is 32.7. The fourth-order valence-corrected chi connectivity index (χ4v) is 10.1. The van der Waals surface area contributed by atoms with Gasteiger partial charge in [0.2, 0.25) is 0 Å². The van der Waals surface area contributed by atoms with E-state index in [0.717, 1.165) is 70.6 Å². The normalized spacial score (nSPS) is 12.0. The summed E-state index contributed by atoms with van der Waals surface area (Å²) < 4.78 is 16.9. The van der Waals surface area contributed by atoms with E-state index in [9.17, 15) is 14.4 Å². The van der Waals surface area contributed by atoms with Crippen molar-refractivity contribution in [2.75, 3.05) is 13.2 Å². The zero-order valence-corrected chi connectivity index (χ0v) is 49.0. The van der Waals surface area contributed by atoms with Gasteiger partial charge in [0, 0.05) is 19.3 Å². The number of rotatable bonds is 61. The summed E-state index contributed by atoms with van der Waals surface area (Å²) in [6.45, 7) is 6.65. The zero-order valence-electron chi connectivity index (χ0n) is 49.0. The van der Waals surface area contributed by atoms with Crippen LogP contribution in [-0.2, 0) is 28.6 Å². The van der Waals surface area contributed by atoms with E-state index in [4.69, 9.17) is 14.2 Å². The summed E-state index contributed by atoms with van der Waals surface area (Å²) in [6.07, 6.45) is 72.4. The lowest BCUT2D eigenvalue weighted by Crippen LogP contribution is -2.30. The first kappa shape index (κ1) is 70.1. The van der Waals surface area contributed by atoms with E-state index >= 15 is 0 Å². The maximum absolute atomic E-state index is 12.9. The Morgan fingerprint density at radius 1 is 0.264 bits per heavy atom. The van der Waals surface area contributed by atoms with E-state index in [-0.39, 0.29) is 31.1 Å². The third-order valence-corrected chi connectivity index (χ3v) is 15.0. The van der Waals surface area contributed by atoms with Crippen LogP contribution in [0.15, 0.2) is 12.2 Å². The van der Waals surface area contributed by atoms with Crippen LogP contribution in [0.3, 0.4) is 0 Å². The van der Waals surface area contributed by atoms with E-state index in [1.165, 1.54) is 263 Å². The van der Waals surface area contributed by atoms with Crippen molar-refractivity contribution in [3.63, 3.8) is 0 Å². The molecule has 0 aliphatic heterocycles. The summed E-state index contributed by atoms with van der Waals surface area (Å²) in [5.41, 5.74) is 0. The first-order chi connectivity index (χ1) is 35.5. The zero-order chi connectivity index (χ0) is 52.2. The fraction of sp³-hybridized carbons (Fsp3) is 0.924. The Labute approximate surface area is 450 Å². The molecule has 1 unspecified atom stereocenters. The van der Waals surface area contributed by atoms with Gasteiger partial charge < -0.3 is 14.2 Å². The van der Waals surface area contributed by atoms with Gasteiger partial charge in [-0.1, -0.05) is 328 Å². The molecule has 0 aliphatic carbocycles. The quantitative estimate of drug-likeness (QED) is 0.0261. The smallest absolute Gasteiger partial charge is 0.306 e. The van der Waals surface area contributed by atoms with Crippen molar-refractivity contribution in [3.8, 4) is 0 Å². The van der Waals surface area contributed by atoms with Crippen molar-refractivity contribution < 1.29 is 28.6 Å². The molecule has 0 N–H and O–H groups in total. The van der Waals surface area contributed by atoms with Crippen molar-refractivity contribution in [2.24, 2.45) is 0 Å². The Balaban J connectivity index is 4.15. The number of hydrogen-bond donors (Lipinski definition) is 0. The minimum atomic E-state index is -0.768. The number of unbranched alkanes of at least 4 members (excludes halogenated alkanes) is 48. The van der Waals surface area contributed by atoms with E-state index in [2.05, 4.69) is 32.9 Å². The van der Waals surface area contributed by atoms with Crippen LogP contribution in [0, 0.1) is 0 Å². The highest BCUT2D eigenvalue weighted by Gasteiger charge is 2.19. The molecule has 0 aromatic carbocycles. The van der Waals surface area contributed by atoms with Crippen LogP contribution >= 0.6 is 0 Å². The summed E-state index contributed by atoms with van der Waals surface area (Å²) >= 11 is 0. The van der Waals surface area contributed by atoms with Gasteiger partial charge in [-0.05, 0) is 38.5 Å². The molecule has 0 saturated carbocycles. The molecule has 0 radical (unpaired) electrons. The summed E-state index contributed by atoms with van der Waals surface area (Å²) in [4.78, 5) is 38.2. The second kappa shape index (κ2) is 61.7. The summed E-state index contributed by atoms with van der Waals surface area (Å²) in [7, 11) is 0. The highest BCUT2D eigenvalue weighted by Crippen LogP contribution is 2.19. The lowest BCUT2D eigenvalue weighted by atomic mass is 10.0. The van der Waals surface area contributed by atoms with Gasteiger partial charge in [-0.2, -0.15) is 0 Å². The number of allylic oxidation sites excluding steroid dienone is 2. The molecule has 0 bridgehead atoms. The third kappa shape index (κ3) is 59.0. The number of esters is 3. The predicted octanol–water partition coefficient (Wildman–Crippen LogP) is 22.1. The monoisotopic (exact) mass is 1010 g/mol. The van der Waals surface area contributed by atoms with Gasteiger partial charge in [0.1, 0.15) is 13.2 Å². The molecule has 0 aromatic heterocycles. The average molecular weight is 1020 g/mol. The lowest BCUT2D eigenvalue weighted by molar-refractivity contribution is -0.167. The highest BCUT2D eigenvalue weighted by atomic mass is 16.6. The topological polar surface area (TPSA) is 78.9 Å². The molecule has 6 nitrogen and oxygen atoms in total. The van der Waals surface area contributed by atoms with Crippen LogP contribution in [0.1, 0.15) is 374 Å². The van der Waals surface area contributed by atoms with Crippen molar-refractivity contribution in [2.45, 2.75) is 380 Å². The Hall–Kier alpha value is -1.85. The fourth-order valence-electron chi connectivity index (χ4n) is 10.1. The molecule has 0 fully saturated rings. The number of ether oxygens (including phenoxy) is 3. The molecule has 426 valence electrons. The number of carbonyl (C=O) groups excluding carboxylic acids is 3. The summed E-state index contributed by atoms with van der Waals surface area (Å²) in [5.74, 6) is -0.848. The number of hydrogen-bond acceptors (Lipinski definition) is 6. The Bertz CT molecular complexity index is 1120. The van der Waals surface area contributed by atoms with Crippen molar-refractivity contribution in [3.05, 3.63) is 12.2 Å². The minimum Gasteiger partial charge on any atom is -0.462 e. The van der Waals surface area contributed by atoms with E-state index in [1.54, 1.807) is 0 Å². The molecule has 72 heavy (non-hydrogen) atoms. The lowest BCUT2D eigenvalue weighted by Gasteiger charge is -2.18. The third-order valence-electron chi connectivity index (χ3n) is 15.0. The van der Waals surface area contributed by atoms with Crippen LogP contribution in [-0.4, -0.2) is 37.2 Å². The van der Waals surface area contributed by atoms with Crippen LogP contribution in [0.4, 0.5) is 0 Å². The van der Waals surface area contributed by atoms with Crippen LogP contribution in [0.25, 0.3) is 0 Å². The second-order valence-corrected chi connectivity index (χ2v) is 22.4. The molecule has 0 spiro atoms. The molecule has 0 aromatic rings. The molecule has 6 heteroatoms. The van der Waals surface area contributed by atoms with Gasteiger partial charge in [-0.3, -0.25) is 14.4 Å². The van der Waals surface area contributed by atoms with E-state index in [0.29, 0.717) is 19.3 Å². The average Bonchev–Trinajstić information content (AvgIpc) is 3.38. The van der Waals surface area contributed by atoms with Crippen LogP contribution < -0.4 is 0 Å². The largest absolute Gasteiger partial charge is 0.462 e. The van der Waals surface area contributed by atoms with E-state index < -0.39 is 6.10 Å². The molecular weight excluding hydrogens is 889 g/mol. The molecular formula is C66H126O6. The van der Waals surface area contributed by atoms with Crippen LogP contribution in [0.5, 0.6) is 0 Å².